The average molecular weight is 981 g/mol. The molecule has 2 N–H and O–H groups in total. The molecule has 0 aromatic carbocycles. The fourth-order valence-corrected chi connectivity index (χ4v) is 14.3. The number of nitrogens with zero attached hydrogens (tertiary/aromatic N) is 2. The van der Waals surface area contributed by atoms with Gasteiger partial charge in [-0.05, 0) is 151 Å². The van der Waals surface area contributed by atoms with E-state index in [0.717, 1.165) is 69.5 Å². The minimum atomic E-state index is -0.475. The summed E-state index contributed by atoms with van der Waals surface area (Å²) in [4.78, 5) is 17.0. The molecule has 5 rings (SSSR count). The maximum Gasteiger partial charge on any atom is 0.410 e. The van der Waals surface area contributed by atoms with Gasteiger partial charge in [-0.15, -0.1) is 0 Å². The van der Waals surface area contributed by atoms with Crippen LogP contribution in [0.1, 0.15) is 231 Å². The number of carbonyl (C=O) groups excluding carboxylic acids is 1. The van der Waals surface area contributed by atoms with Crippen LogP contribution in [0.2, 0.25) is 0 Å². The summed E-state index contributed by atoms with van der Waals surface area (Å²) in [5.41, 5.74) is 9.43. The number of rotatable bonds is 32. The predicted octanol–water partition coefficient (Wildman–Crippen LogP) is 15.7. The van der Waals surface area contributed by atoms with Gasteiger partial charge in [0.2, 0.25) is 0 Å². The number of piperazine rings is 1. The number of allylic oxidation sites excluding steroid dienone is 4. The van der Waals surface area contributed by atoms with E-state index in [0.29, 0.717) is 56.8 Å². The van der Waals surface area contributed by atoms with E-state index in [4.69, 9.17) is 24.7 Å². The Morgan fingerprint density at radius 2 is 1.44 bits per heavy atom. The molecule has 70 heavy (non-hydrogen) atoms. The number of carbonyl (C=O) groups is 1. The molecule has 0 aromatic heterocycles. The van der Waals surface area contributed by atoms with Gasteiger partial charge >= 0.3 is 6.09 Å². The molecule has 1 saturated heterocycles. The van der Waals surface area contributed by atoms with E-state index in [9.17, 15) is 4.79 Å². The summed E-state index contributed by atoms with van der Waals surface area (Å²) in [6, 6.07) is 0. The first-order chi connectivity index (χ1) is 33.6. The highest BCUT2D eigenvalue weighted by Gasteiger charge is 2.64. The molecule has 7 unspecified atom stereocenters. The number of fused-ring (bicyclic) bond motifs is 5. The van der Waals surface area contributed by atoms with Crippen molar-refractivity contribution in [3.05, 3.63) is 36.0 Å². The minimum absolute atomic E-state index is 0. The smallest absolute Gasteiger partial charge is 0.410 e. The quantitative estimate of drug-likeness (QED) is 0.0531. The van der Waals surface area contributed by atoms with E-state index in [1.54, 1.807) is 5.57 Å². The second kappa shape index (κ2) is 30.0. The summed E-state index contributed by atoms with van der Waals surface area (Å²) in [6.07, 6.45) is 45.1. The van der Waals surface area contributed by atoms with Crippen LogP contribution in [0.3, 0.4) is 0 Å². The van der Waals surface area contributed by atoms with Gasteiger partial charge in [-0.1, -0.05) is 155 Å². The van der Waals surface area contributed by atoms with E-state index in [1.165, 1.54) is 135 Å². The molecule has 0 spiro atoms. The summed E-state index contributed by atoms with van der Waals surface area (Å²) in [5, 5.41) is 0. The zero-order chi connectivity index (χ0) is 50.5. The van der Waals surface area contributed by atoms with Gasteiger partial charge in [0.25, 0.3) is 0 Å². The van der Waals surface area contributed by atoms with Crippen molar-refractivity contribution in [1.82, 2.24) is 9.80 Å². The van der Waals surface area contributed by atoms with Crippen molar-refractivity contribution in [1.29, 1.82) is 0 Å². The van der Waals surface area contributed by atoms with Crippen molar-refractivity contribution in [2.75, 3.05) is 59.2 Å². The van der Waals surface area contributed by atoms with Crippen LogP contribution in [-0.4, -0.2) is 98.4 Å². The Morgan fingerprint density at radius 1 is 0.771 bits per heavy atom. The van der Waals surface area contributed by atoms with Crippen LogP contribution in [-0.2, 0) is 18.9 Å². The third-order valence-corrected chi connectivity index (χ3v) is 18.3. The molecule has 0 bridgehead atoms. The normalized spacial score (nSPS) is 29.4. The fraction of sp³-hybridized carbons (Fsp3) is 0.887. The zero-order valence-corrected chi connectivity index (χ0v) is 47.2. The van der Waals surface area contributed by atoms with Gasteiger partial charge in [0, 0.05) is 39.7 Å². The number of hydrogen-bond donors (Lipinski definition) is 1. The van der Waals surface area contributed by atoms with Crippen molar-refractivity contribution in [2.24, 2.45) is 46.2 Å². The van der Waals surface area contributed by atoms with Gasteiger partial charge in [-0.3, -0.25) is 4.90 Å². The maximum atomic E-state index is 12.7. The van der Waals surface area contributed by atoms with Gasteiger partial charge in [0.1, 0.15) is 5.60 Å². The molecule has 0 aromatic rings. The van der Waals surface area contributed by atoms with Crippen molar-refractivity contribution < 1.29 is 25.2 Å². The molecule has 1 heterocycles. The highest BCUT2D eigenvalue weighted by Crippen LogP contribution is 2.68. The van der Waals surface area contributed by atoms with Gasteiger partial charge in [0.15, 0.2) is 0 Å². The monoisotopic (exact) mass is 980 g/mol. The molecule has 4 fully saturated rings. The maximum absolute atomic E-state index is 12.7. The lowest BCUT2D eigenvalue weighted by atomic mass is 9.44. The number of ether oxygens (including phenoxy) is 4. The molecule has 9 atom stereocenters. The molecular formula is C62H113N3O5. The van der Waals surface area contributed by atoms with E-state index in [-0.39, 0.29) is 30.7 Å². The summed E-state index contributed by atoms with van der Waals surface area (Å²) in [5.74, 6) is 3.66. The fourth-order valence-electron chi connectivity index (χ4n) is 14.3. The van der Waals surface area contributed by atoms with E-state index >= 15 is 0 Å². The summed E-state index contributed by atoms with van der Waals surface area (Å²) < 4.78 is 24.9. The van der Waals surface area contributed by atoms with Crippen LogP contribution in [0.15, 0.2) is 36.0 Å². The van der Waals surface area contributed by atoms with E-state index in [2.05, 4.69) is 76.8 Å². The van der Waals surface area contributed by atoms with Crippen molar-refractivity contribution in [3.63, 3.8) is 0 Å². The Morgan fingerprint density at radius 3 is 2.13 bits per heavy atom. The van der Waals surface area contributed by atoms with E-state index < -0.39 is 5.60 Å². The standard InChI is InChI=1S/C62H111N3O5.H2/c1-10-11-12-13-14-15-16-17-18-19-20-21-22-23-24-25-26-27-31-54(49-64-40-42-65(43-41-64)58(66)70-59(5,6)7)69-47-45-67-44-46-68-53-35-37-60(8)52(48-53)34-39-62(63)56-33-32-55(51(4)30-28-29-50(2)3)61(56,9)38-36-57(60)62;/h14-15,17-18,34,50-51,53-57H,10-13,16,19-33,35-49,63H2,1-9H3;1H/b15-14-,18-17-;/t51?,53?,54?,55?,56-,57-,60?,61?,62?;/m1./s1. The van der Waals surface area contributed by atoms with Crippen LogP contribution >= 0.6 is 0 Å². The molecule has 5 aliphatic rings. The third-order valence-electron chi connectivity index (χ3n) is 18.3. The Bertz CT molecular complexity index is 1570. The molecular weight excluding hydrogens is 867 g/mol. The van der Waals surface area contributed by atoms with Crippen molar-refractivity contribution in [2.45, 2.75) is 253 Å². The summed E-state index contributed by atoms with van der Waals surface area (Å²) in [6.45, 7) is 27.0. The van der Waals surface area contributed by atoms with E-state index in [1.807, 2.05) is 25.7 Å². The Hall–Kier alpha value is -1.71. The van der Waals surface area contributed by atoms with Crippen LogP contribution in [0.4, 0.5) is 4.79 Å². The second-order valence-electron chi connectivity index (χ2n) is 25.3. The van der Waals surface area contributed by atoms with Crippen LogP contribution in [0, 0.1) is 40.4 Å². The Balaban J connectivity index is 0.0000110. The molecule has 0 radical (unpaired) electrons. The van der Waals surface area contributed by atoms with Gasteiger partial charge < -0.3 is 29.6 Å². The molecule has 4 aliphatic carbocycles. The first-order valence-corrected chi connectivity index (χ1v) is 29.9. The zero-order valence-electron chi connectivity index (χ0n) is 47.2. The van der Waals surface area contributed by atoms with Crippen molar-refractivity contribution in [3.8, 4) is 0 Å². The first kappa shape index (κ1) is 59.2. The molecule has 1 amide bonds. The molecule has 8 heteroatoms. The minimum Gasteiger partial charge on any atom is -0.444 e. The van der Waals surface area contributed by atoms with Gasteiger partial charge in [-0.25, -0.2) is 4.79 Å². The van der Waals surface area contributed by atoms with Crippen LogP contribution in [0.5, 0.6) is 0 Å². The highest BCUT2D eigenvalue weighted by molar-refractivity contribution is 5.68. The predicted molar refractivity (Wildman–Crippen MR) is 296 cm³/mol. The number of hydrogen-bond acceptors (Lipinski definition) is 7. The average Bonchev–Trinajstić information content (AvgIpc) is 3.68. The molecule has 8 nitrogen and oxygen atoms in total. The topological polar surface area (TPSA) is 86.5 Å². The second-order valence-corrected chi connectivity index (χ2v) is 25.3. The molecule has 3 saturated carbocycles. The lowest BCUT2D eigenvalue weighted by Crippen LogP contribution is -2.66. The van der Waals surface area contributed by atoms with Crippen molar-refractivity contribution >= 4 is 6.09 Å². The Kier molecular flexibility index (Phi) is 25.4. The highest BCUT2D eigenvalue weighted by atomic mass is 16.6. The third kappa shape index (κ3) is 18.3. The van der Waals surface area contributed by atoms with Crippen LogP contribution < -0.4 is 5.73 Å². The largest absolute Gasteiger partial charge is 0.444 e. The summed E-state index contributed by atoms with van der Waals surface area (Å²) >= 11 is 0. The van der Waals surface area contributed by atoms with Gasteiger partial charge in [-0.2, -0.15) is 0 Å². The lowest BCUT2D eigenvalue weighted by molar-refractivity contribution is -0.0826. The van der Waals surface area contributed by atoms with Crippen LogP contribution in [0.25, 0.3) is 0 Å². The van der Waals surface area contributed by atoms with Gasteiger partial charge in [0.05, 0.1) is 38.6 Å². The first-order valence-electron chi connectivity index (χ1n) is 29.9. The Labute approximate surface area is 433 Å². The SMILES string of the molecule is CCCCC/C=C\C/C=C\CCCCCCCCCCC(CN1CCN(C(=O)OC(C)(C)C)CC1)OCCOCCOC1CCC2(C)C(=CCC3(N)[C@@H]2CCC2(C)C(C(C)CCCC(C)C)CC[C@H]23)C1.[HH]. The molecule has 406 valence electrons. The number of amides is 1. The molecule has 1 aliphatic heterocycles. The number of unbranched alkanes of at least 4 members (excludes halogenated alkanes) is 11. The number of nitrogens with two attached hydrogens (primary N) is 1. The lowest BCUT2D eigenvalue weighted by Gasteiger charge is -2.63. The summed E-state index contributed by atoms with van der Waals surface area (Å²) in [7, 11) is 0.